The highest BCUT2D eigenvalue weighted by atomic mass is 16.5. The highest BCUT2D eigenvalue weighted by Crippen LogP contribution is 2.23. The monoisotopic (exact) mass is 364 g/mol. The summed E-state index contributed by atoms with van der Waals surface area (Å²) in [4.78, 5) is 28.6. The number of aromatic nitrogens is 1. The first-order valence-electron chi connectivity index (χ1n) is 8.73. The summed E-state index contributed by atoms with van der Waals surface area (Å²) in [5, 5.41) is 4.97. The lowest BCUT2D eigenvalue weighted by Crippen LogP contribution is -2.17. The molecule has 138 valence electrons. The zero-order valence-electron chi connectivity index (χ0n) is 15.2. The fourth-order valence-corrected chi connectivity index (χ4v) is 2.66. The van der Waals surface area contributed by atoms with E-state index >= 15 is 0 Å². The van der Waals surface area contributed by atoms with Gasteiger partial charge in [-0.05, 0) is 38.1 Å². The molecule has 1 heterocycles. The van der Waals surface area contributed by atoms with Crippen LogP contribution >= 0.6 is 0 Å². The molecule has 0 unspecified atom stereocenters. The van der Waals surface area contributed by atoms with Gasteiger partial charge in [-0.25, -0.2) is 14.6 Å². The molecule has 2 aromatic carbocycles. The molecule has 6 nitrogen and oxygen atoms in total. The van der Waals surface area contributed by atoms with Gasteiger partial charge in [0.1, 0.15) is 5.70 Å². The Morgan fingerprint density at radius 3 is 2.48 bits per heavy atom. The SMILES string of the molecule is CCOC(=O)C=C(Nc1ccc2cc3ccccc3nc2c1)C(=O)OCC. The Morgan fingerprint density at radius 2 is 1.70 bits per heavy atom. The molecular weight excluding hydrogens is 344 g/mol. The van der Waals surface area contributed by atoms with Crippen molar-refractivity contribution in [2.45, 2.75) is 13.8 Å². The van der Waals surface area contributed by atoms with Crippen LogP contribution in [0.1, 0.15) is 13.8 Å². The zero-order valence-corrected chi connectivity index (χ0v) is 15.2. The number of hydrogen-bond acceptors (Lipinski definition) is 6. The van der Waals surface area contributed by atoms with Crippen molar-refractivity contribution in [3.8, 4) is 0 Å². The van der Waals surface area contributed by atoms with Crippen molar-refractivity contribution in [3.05, 3.63) is 60.3 Å². The van der Waals surface area contributed by atoms with Crippen molar-refractivity contribution < 1.29 is 19.1 Å². The third-order valence-electron chi connectivity index (χ3n) is 3.84. The van der Waals surface area contributed by atoms with Gasteiger partial charge in [0.15, 0.2) is 0 Å². The average molecular weight is 364 g/mol. The maximum Gasteiger partial charge on any atom is 0.355 e. The number of esters is 2. The quantitative estimate of drug-likeness (QED) is 0.407. The molecule has 3 rings (SSSR count). The first-order chi connectivity index (χ1) is 13.1. The minimum atomic E-state index is -0.628. The summed E-state index contributed by atoms with van der Waals surface area (Å²) in [7, 11) is 0. The van der Waals surface area contributed by atoms with E-state index in [1.165, 1.54) is 0 Å². The second-order valence-electron chi connectivity index (χ2n) is 5.74. The minimum Gasteiger partial charge on any atom is -0.463 e. The molecule has 0 amide bonds. The Kier molecular flexibility index (Phi) is 5.66. The summed E-state index contributed by atoms with van der Waals surface area (Å²) in [6.45, 7) is 3.82. The van der Waals surface area contributed by atoms with Crippen molar-refractivity contribution in [3.63, 3.8) is 0 Å². The molecule has 0 bridgehead atoms. The van der Waals surface area contributed by atoms with Crippen LogP contribution < -0.4 is 5.32 Å². The minimum absolute atomic E-state index is 0.00967. The summed E-state index contributed by atoms with van der Waals surface area (Å²) >= 11 is 0. The van der Waals surface area contributed by atoms with Crippen molar-refractivity contribution in [2.75, 3.05) is 18.5 Å². The van der Waals surface area contributed by atoms with Crippen LogP contribution in [0.25, 0.3) is 21.8 Å². The Hall–Kier alpha value is -3.41. The van der Waals surface area contributed by atoms with Crippen LogP contribution in [0.15, 0.2) is 60.3 Å². The molecule has 0 radical (unpaired) electrons. The number of benzene rings is 2. The van der Waals surface area contributed by atoms with Crippen molar-refractivity contribution in [2.24, 2.45) is 0 Å². The van der Waals surface area contributed by atoms with E-state index in [4.69, 9.17) is 9.47 Å². The van der Waals surface area contributed by atoms with Gasteiger partial charge < -0.3 is 14.8 Å². The number of fused-ring (bicyclic) bond motifs is 2. The molecular formula is C21H20N2O4. The number of nitrogens with one attached hydrogen (secondary N) is 1. The third kappa shape index (κ3) is 4.41. The van der Waals surface area contributed by atoms with E-state index in [2.05, 4.69) is 16.4 Å². The number of ether oxygens (including phenoxy) is 2. The summed E-state index contributed by atoms with van der Waals surface area (Å²) in [5.74, 6) is -1.24. The number of para-hydroxylation sites is 1. The molecule has 3 aromatic rings. The van der Waals surface area contributed by atoms with Crippen molar-refractivity contribution >= 4 is 39.4 Å². The van der Waals surface area contributed by atoms with E-state index < -0.39 is 11.9 Å². The van der Waals surface area contributed by atoms with Crippen LogP contribution in [-0.2, 0) is 19.1 Å². The molecule has 1 aromatic heterocycles. The summed E-state index contributed by atoms with van der Waals surface area (Å²) in [5.41, 5.74) is 2.29. The molecule has 0 saturated heterocycles. The smallest absolute Gasteiger partial charge is 0.355 e. The lowest BCUT2D eigenvalue weighted by Gasteiger charge is -2.11. The molecule has 0 atom stereocenters. The predicted molar refractivity (Wildman–Crippen MR) is 104 cm³/mol. The summed E-state index contributed by atoms with van der Waals surface area (Å²) < 4.78 is 9.89. The van der Waals surface area contributed by atoms with Gasteiger partial charge in [0.05, 0.1) is 30.3 Å². The summed E-state index contributed by atoms with van der Waals surface area (Å²) in [6, 6.07) is 15.5. The van der Waals surface area contributed by atoms with Crippen LogP contribution in [0, 0.1) is 0 Å². The van der Waals surface area contributed by atoms with Gasteiger partial charge in [-0.15, -0.1) is 0 Å². The topological polar surface area (TPSA) is 77.5 Å². The molecule has 0 saturated carbocycles. The molecule has 27 heavy (non-hydrogen) atoms. The van der Waals surface area contributed by atoms with Gasteiger partial charge in [-0.2, -0.15) is 0 Å². The van der Waals surface area contributed by atoms with E-state index in [1.54, 1.807) is 13.8 Å². The number of anilines is 1. The number of carbonyl (C=O) groups excluding carboxylic acids is 2. The van der Waals surface area contributed by atoms with E-state index in [0.717, 1.165) is 27.9 Å². The molecule has 0 spiro atoms. The first kappa shape index (κ1) is 18.4. The Labute approximate surface area is 156 Å². The van der Waals surface area contributed by atoms with E-state index in [9.17, 15) is 9.59 Å². The van der Waals surface area contributed by atoms with Gasteiger partial charge in [-0.1, -0.05) is 24.3 Å². The Morgan fingerprint density at radius 1 is 0.963 bits per heavy atom. The van der Waals surface area contributed by atoms with Crippen LogP contribution in [0.3, 0.4) is 0 Å². The van der Waals surface area contributed by atoms with Crippen molar-refractivity contribution in [1.82, 2.24) is 4.98 Å². The van der Waals surface area contributed by atoms with Gasteiger partial charge >= 0.3 is 11.9 Å². The predicted octanol–water partition coefficient (Wildman–Crippen LogP) is 3.81. The van der Waals surface area contributed by atoms with Crippen LogP contribution in [0.4, 0.5) is 5.69 Å². The Bertz CT molecular complexity index is 1030. The molecule has 0 aliphatic heterocycles. The van der Waals surface area contributed by atoms with E-state index in [1.807, 2.05) is 42.5 Å². The number of pyridine rings is 1. The van der Waals surface area contributed by atoms with Gasteiger partial charge in [0.25, 0.3) is 0 Å². The molecule has 1 N–H and O–H groups in total. The average Bonchev–Trinajstić information content (AvgIpc) is 2.66. The van der Waals surface area contributed by atoms with E-state index in [-0.39, 0.29) is 18.9 Å². The number of rotatable bonds is 6. The highest BCUT2D eigenvalue weighted by molar-refractivity contribution is 6.00. The standard InChI is InChI=1S/C21H20N2O4/c1-3-26-20(24)13-19(21(25)27-4-2)22-16-10-9-15-11-14-7-5-6-8-17(14)23-18(15)12-16/h5-13,22H,3-4H2,1-2H3. The van der Waals surface area contributed by atoms with Crippen molar-refractivity contribution in [1.29, 1.82) is 0 Å². The molecule has 0 aliphatic carbocycles. The van der Waals surface area contributed by atoms with Gasteiger partial charge in [-0.3, -0.25) is 0 Å². The van der Waals surface area contributed by atoms with Gasteiger partial charge in [0, 0.05) is 16.5 Å². The van der Waals surface area contributed by atoms with Crippen LogP contribution in [-0.4, -0.2) is 30.1 Å². The second-order valence-corrected chi connectivity index (χ2v) is 5.74. The molecule has 6 heteroatoms. The van der Waals surface area contributed by atoms with Gasteiger partial charge in [0.2, 0.25) is 0 Å². The zero-order chi connectivity index (χ0) is 19.2. The van der Waals surface area contributed by atoms with Crippen LogP contribution in [0.2, 0.25) is 0 Å². The maximum absolute atomic E-state index is 12.1. The second kappa shape index (κ2) is 8.31. The highest BCUT2D eigenvalue weighted by Gasteiger charge is 2.14. The number of nitrogens with zero attached hydrogens (tertiary/aromatic N) is 1. The number of hydrogen-bond donors (Lipinski definition) is 1. The van der Waals surface area contributed by atoms with E-state index in [0.29, 0.717) is 5.69 Å². The maximum atomic E-state index is 12.1. The fourth-order valence-electron chi connectivity index (χ4n) is 2.66. The first-order valence-corrected chi connectivity index (χ1v) is 8.73. The number of carbonyl (C=O) groups is 2. The Balaban J connectivity index is 1.94. The largest absolute Gasteiger partial charge is 0.463 e. The molecule has 0 fully saturated rings. The van der Waals surface area contributed by atoms with Crippen LogP contribution in [0.5, 0.6) is 0 Å². The lowest BCUT2D eigenvalue weighted by atomic mass is 10.1. The summed E-state index contributed by atoms with van der Waals surface area (Å²) in [6.07, 6.45) is 1.10. The fraction of sp³-hybridized carbons (Fsp3) is 0.190. The lowest BCUT2D eigenvalue weighted by molar-refractivity contribution is -0.140. The molecule has 0 aliphatic rings. The normalized spacial score (nSPS) is 11.4. The third-order valence-corrected chi connectivity index (χ3v) is 3.84.